The van der Waals surface area contributed by atoms with Crippen molar-refractivity contribution in [1.82, 2.24) is 9.78 Å². The van der Waals surface area contributed by atoms with E-state index in [1.54, 1.807) is 13.0 Å². The fourth-order valence-corrected chi connectivity index (χ4v) is 1.74. The van der Waals surface area contributed by atoms with Gasteiger partial charge in [0.2, 0.25) is 0 Å². The fourth-order valence-electron chi connectivity index (χ4n) is 1.74. The van der Waals surface area contributed by atoms with E-state index in [9.17, 15) is 14.9 Å². The number of methoxy groups -OCH3 is 1. The highest BCUT2D eigenvalue weighted by Gasteiger charge is 2.19. The molecule has 1 aromatic carbocycles. The first-order valence-corrected chi connectivity index (χ1v) is 6.11. The Hall–Kier alpha value is -2.90. The maximum atomic E-state index is 11.6. The van der Waals surface area contributed by atoms with E-state index in [0.29, 0.717) is 5.75 Å². The van der Waals surface area contributed by atoms with Crippen molar-refractivity contribution < 1.29 is 19.2 Å². The molecular formula is C13H13N3O5. The van der Waals surface area contributed by atoms with Crippen molar-refractivity contribution in [1.29, 1.82) is 0 Å². The van der Waals surface area contributed by atoms with E-state index in [0.717, 1.165) is 0 Å². The Kier molecular flexibility index (Phi) is 4.17. The minimum Gasteiger partial charge on any atom is -0.496 e. The number of hydrogen-bond donors (Lipinski definition) is 0. The maximum Gasteiger partial charge on any atom is 0.341 e. The lowest BCUT2D eigenvalue weighted by Crippen LogP contribution is -2.04. The maximum absolute atomic E-state index is 11.6. The van der Waals surface area contributed by atoms with Gasteiger partial charge in [-0.05, 0) is 19.1 Å². The number of carbonyl (C=O) groups is 1. The average molecular weight is 291 g/mol. The second kappa shape index (κ2) is 6.04. The fraction of sp³-hybridized carbons (Fsp3) is 0.231. The minimum absolute atomic E-state index is 0.173. The summed E-state index contributed by atoms with van der Waals surface area (Å²) < 4.78 is 11.1. The molecular weight excluding hydrogens is 278 g/mol. The number of ether oxygens (including phenoxy) is 2. The van der Waals surface area contributed by atoms with Crippen LogP contribution in [0.3, 0.4) is 0 Å². The van der Waals surface area contributed by atoms with Crippen molar-refractivity contribution in [2.75, 3.05) is 13.7 Å². The molecule has 0 bridgehead atoms. The van der Waals surface area contributed by atoms with Gasteiger partial charge in [-0.3, -0.25) is 10.1 Å². The Morgan fingerprint density at radius 2 is 2.24 bits per heavy atom. The van der Waals surface area contributed by atoms with Crippen molar-refractivity contribution in [2.24, 2.45) is 0 Å². The summed E-state index contributed by atoms with van der Waals surface area (Å²) in [5.41, 5.74) is 0.283. The molecule has 0 aliphatic rings. The van der Waals surface area contributed by atoms with Crippen LogP contribution in [-0.2, 0) is 4.74 Å². The number of esters is 1. The Morgan fingerprint density at radius 1 is 1.48 bits per heavy atom. The standard InChI is InChI=1S/C13H13N3O5/c1-3-21-13(17)9-7-14-15(8-9)11-5-4-10(20-2)6-12(11)16(18)19/h4-8H,3H2,1-2H3. The first kappa shape index (κ1) is 14.5. The molecule has 0 amide bonds. The van der Waals surface area contributed by atoms with Gasteiger partial charge in [0.25, 0.3) is 5.69 Å². The summed E-state index contributed by atoms with van der Waals surface area (Å²) in [6.45, 7) is 1.93. The van der Waals surface area contributed by atoms with E-state index in [1.165, 1.54) is 36.3 Å². The van der Waals surface area contributed by atoms with Gasteiger partial charge in [-0.2, -0.15) is 5.10 Å². The SMILES string of the molecule is CCOC(=O)c1cnn(-c2ccc(OC)cc2[N+](=O)[O-])c1. The second-order valence-corrected chi connectivity index (χ2v) is 4.01. The summed E-state index contributed by atoms with van der Waals surface area (Å²) in [7, 11) is 1.42. The van der Waals surface area contributed by atoms with Crippen LogP contribution in [0.1, 0.15) is 17.3 Å². The third-order valence-electron chi connectivity index (χ3n) is 2.72. The predicted octanol–water partition coefficient (Wildman–Crippen LogP) is 1.97. The molecule has 1 aromatic heterocycles. The van der Waals surface area contributed by atoms with Crippen molar-refractivity contribution in [2.45, 2.75) is 6.92 Å². The van der Waals surface area contributed by atoms with Gasteiger partial charge in [0.1, 0.15) is 11.4 Å². The zero-order chi connectivity index (χ0) is 15.4. The molecule has 0 atom stereocenters. The molecule has 110 valence electrons. The van der Waals surface area contributed by atoms with E-state index in [4.69, 9.17) is 9.47 Å². The monoisotopic (exact) mass is 291 g/mol. The largest absolute Gasteiger partial charge is 0.496 e. The number of carbonyl (C=O) groups excluding carboxylic acids is 1. The van der Waals surface area contributed by atoms with Crippen LogP contribution in [0.2, 0.25) is 0 Å². The number of nitro groups is 1. The Bertz CT molecular complexity index is 680. The van der Waals surface area contributed by atoms with Gasteiger partial charge in [-0.25, -0.2) is 9.48 Å². The van der Waals surface area contributed by atoms with E-state index < -0.39 is 10.9 Å². The molecule has 2 aromatic rings. The lowest BCUT2D eigenvalue weighted by molar-refractivity contribution is -0.384. The van der Waals surface area contributed by atoms with Gasteiger partial charge in [0.05, 0.1) is 36.5 Å². The van der Waals surface area contributed by atoms with Gasteiger partial charge in [-0.15, -0.1) is 0 Å². The number of hydrogen-bond acceptors (Lipinski definition) is 6. The molecule has 0 spiro atoms. The molecule has 0 aliphatic heterocycles. The number of nitro benzene ring substituents is 1. The van der Waals surface area contributed by atoms with Gasteiger partial charge >= 0.3 is 5.97 Å². The second-order valence-electron chi connectivity index (χ2n) is 4.01. The summed E-state index contributed by atoms with van der Waals surface area (Å²) >= 11 is 0. The number of benzene rings is 1. The number of nitrogens with zero attached hydrogens (tertiary/aromatic N) is 3. The first-order valence-electron chi connectivity index (χ1n) is 6.11. The molecule has 0 aliphatic carbocycles. The van der Waals surface area contributed by atoms with Gasteiger partial charge < -0.3 is 9.47 Å². The van der Waals surface area contributed by atoms with Crippen molar-refractivity contribution in [3.05, 3.63) is 46.3 Å². The third-order valence-corrected chi connectivity index (χ3v) is 2.72. The van der Waals surface area contributed by atoms with E-state index >= 15 is 0 Å². The van der Waals surface area contributed by atoms with Crippen LogP contribution in [0.25, 0.3) is 5.69 Å². The molecule has 0 radical (unpaired) electrons. The van der Waals surface area contributed by atoms with Gasteiger partial charge in [0, 0.05) is 6.20 Å². The van der Waals surface area contributed by atoms with Gasteiger partial charge in [0.15, 0.2) is 0 Å². The highest BCUT2D eigenvalue weighted by atomic mass is 16.6. The topological polar surface area (TPSA) is 96.5 Å². The first-order chi connectivity index (χ1) is 10.1. The Labute approximate surface area is 120 Å². The molecule has 21 heavy (non-hydrogen) atoms. The van der Waals surface area contributed by atoms with Crippen LogP contribution in [-0.4, -0.2) is 34.4 Å². The molecule has 0 saturated carbocycles. The third kappa shape index (κ3) is 2.99. The molecule has 0 fully saturated rings. The lowest BCUT2D eigenvalue weighted by atomic mass is 10.2. The highest BCUT2D eigenvalue weighted by molar-refractivity contribution is 5.88. The van der Waals surface area contributed by atoms with Crippen LogP contribution in [0.4, 0.5) is 5.69 Å². The Morgan fingerprint density at radius 3 is 2.86 bits per heavy atom. The molecule has 0 unspecified atom stereocenters. The Balaban J connectivity index is 2.42. The summed E-state index contributed by atoms with van der Waals surface area (Å²) in [6.07, 6.45) is 2.68. The van der Waals surface area contributed by atoms with E-state index in [-0.39, 0.29) is 23.5 Å². The zero-order valence-corrected chi connectivity index (χ0v) is 11.5. The predicted molar refractivity (Wildman–Crippen MR) is 72.7 cm³/mol. The molecule has 0 saturated heterocycles. The van der Waals surface area contributed by atoms with E-state index in [1.807, 2.05) is 0 Å². The molecule has 1 heterocycles. The number of rotatable bonds is 5. The molecule has 8 heteroatoms. The quantitative estimate of drug-likeness (QED) is 0.474. The normalized spacial score (nSPS) is 10.2. The average Bonchev–Trinajstić information content (AvgIpc) is 2.96. The zero-order valence-electron chi connectivity index (χ0n) is 11.5. The number of aromatic nitrogens is 2. The van der Waals surface area contributed by atoms with Crippen molar-refractivity contribution >= 4 is 11.7 Å². The van der Waals surface area contributed by atoms with Crippen LogP contribution >= 0.6 is 0 Å². The van der Waals surface area contributed by atoms with Crippen LogP contribution in [0.15, 0.2) is 30.6 Å². The van der Waals surface area contributed by atoms with Crippen molar-refractivity contribution in [3.8, 4) is 11.4 Å². The van der Waals surface area contributed by atoms with Crippen LogP contribution in [0, 0.1) is 10.1 Å². The van der Waals surface area contributed by atoms with Gasteiger partial charge in [-0.1, -0.05) is 0 Å². The summed E-state index contributed by atoms with van der Waals surface area (Å²) in [6, 6.07) is 4.37. The summed E-state index contributed by atoms with van der Waals surface area (Å²) in [5, 5.41) is 15.1. The van der Waals surface area contributed by atoms with Crippen LogP contribution in [0.5, 0.6) is 5.75 Å². The lowest BCUT2D eigenvalue weighted by Gasteiger charge is -2.05. The smallest absolute Gasteiger partial charge is 0.341 e. The molecule has 0 N–H and O–H groups in total. The summed E-state index contributed by atoms with van der Waals surface area (Å²) in [4.78, 5) is 22.2. The molecule has 8 nitrogen and oxygen atoms in total. The summed E-state index contributed by atoms with van der Waals surface area (Å²) in [5.74, 6) is -0.164. The van der Waals surface area contributed by atoms with Crippen LogP contribution < -0.4 is 4.74 Å². The highest BCUT2D eigenvalue weighted by Crippen LogP contribution is 2.27. The van der Waals surface area contributed by atoms with E-state index in [2.05, 4.69) is 5.10 Å². The molecule has 2 rings (SSSR count). The minimum atomic E-state index is -0.538. The van der Waals surface area contributed by atoms with Crippen molar-refractivity contribution in [3.63, 3.8) is 0 Å².